The van der Waals surface area contributed by atoms with Crippen LogP contribution in [0.3, 0.4) is 0 Å². The van der Waals surface area contributed by atoms with Crippen molar-refractivity contribution in [3.63, 3.8) is 0 Å². The zero-order valence-electron chi connectivity index (χ0n) is 9.86. The maximum atomic E-state index is 9.88. The lowest BCUT2D eigenvalue weighted by molar-refractivity contribution is 0.143. The highest BCUT2D eigenvalue weighted by Crippen LogP contribution is 2.17. The van der Waals surface area contributed by atoms with Crippen molar-refractivity contribution in [2.75, 3.05) is 0 Å². The number of hydrogen-bond acceptors (Lipinski definition) is 3. The normalized spacial score (nSPS) is 15.2. The predicted octanol–water partition coefficient (Wildman–Crippen LogP) is 3.18. The van der Waals surface area contributed by atoms with Crippen molar-refractivity contribution >= 4 is 11.3 Å². The number of nitrogens with zero attached hydrogens (tertiary/aromatic N) is 1. The molecule has 0 spiro atoms. The van der Waals surface area contributed by atoms with Crippen LogP contribution in [0.5, 0.6) is 0 Å². The van der Waals surface area contributed by atoms with Crippen molar-refractivity contribution < 1.29 is 5.11 Å². The first-order valence-corrected chi connectivity index (χ1v) is 6.58. The van der Waals surface area contributed by atoms with E-state index in [0.29, 0.717) is 12.3 Å². The minimum Gasteiger partial charge on any atom is -0.393 e. The van der Waals surface area contributed by atoms with Gasteiger partial charge in [-0.15, -0.1) is 11.3 Å². The Balaban J connectivity index is 2.32. The lowest BCUT2D eigenvalue weighted by atomic mass is 9.97. The van der Waals surface area contributed by atoms with E-state index in [4.69, 9.17) is 0 Å². The molecule has 0 saturated heterocycles. The Morgan fingerprint density at radius 1 is 1.53 bits per heavy atom. The average Bonchev–Trinajstić information content (AvgIpc) is 2.51. The highest BCUT2D eigenvalue weighted by atomic mass is 32.1. The fourth-order valence-electron chi connectivity index (χ4n) is 1.86. The molecule has 1 N–H and O–H groups in total. The van der Waals surface area contributed by atoms with Crippen LogP contribution in [0.4, 0.5) is 0 Å². The molecule has 0 amide bonds. The van der Waals surface area contributed by atoms with E-state index in [-0.39, 0.29) is 6.10 Å². The zero-order chi connectivity index (χ0) is 11.3. The van der Waals surface area contributed by atoms with Gasteiger partial charge in [-0.3, -0.25) is 0 Å². The van der Waals surface area contributed by atoms with Crippen LogP contribution in [0.2, 0.25) is 0 Å². The third-order valence-electron chi connectivity index (χ3n) is 2.53. The minimum atomic E-state index is -0.225. The summed E-state index contributed by atoms with van der Waals surface area (Å²) in [7, 11) is 0. The summed E-state index contributed by atoms with van der Waals surface area (Å²) in [4.78, 5) is 4.36. The fraction of sp³-hybridized carbons (Fsp3) is 0.750. The molecule has 0 radical (unpaired) electrons. The van der Waals surface area contributed by atoms with E-state index in [9.17, 15) is 5.11 Å². The highest BCUT2D eigenvalue weighted by Gasteiger charge is 2.12. The number of hydrogen-bond donors (Lipinski definition) is 1. The largest absolute Gasteiger partial charge is 0.393 e. The quantitative estimate of drug-likeness (QED) is 0.809. The first kappa shape index (κ1) is 12.7. The molecule has 0 fully saturated rings. The van der Waals surface area contributed by atoms with Crippen molar-refractivity contribution in [1.29, 1.82) is 0 Å². The lowest BCUT2D eigenvalue weighted by Gasteiger charge is -2.14. The van der Waals surface area contributed by atoms with E-state index in [1.54, 1.807) is 11.3 Å². The van der Waals surface area contributed by atoms with Crippen LogP contribution in [0, 0.1) is 12.8 Å². The molecule has 0 bridgehead atoms. The van der Waals surface area contributed by atoms with E-state index in [0.717, 1.165) is 17.1 Å². The molecule has 0 aromatic carbocycles. The fourth-order valence-corrected chi connectivity index (χ4v) is 2.70. The van der Waals surface area contributed by atoms with Crippen molar-refractivity contribution in [2.45, 2.75) is 52.6 Å². The van der Waals surface area contributed by atoms with Crippen LogP contribution in [0.1, 0.15) is 43.8 Å². The number of rotatable bonds is 6. The maximum absolute atomic E-state index is 9.88. The van der Waals surface area contributed by atoms with Gasteiger partial charge in [0.25, 0.3) is 0 Å². The van der Waals surface area contributed by atoms with Crippen LogP contribution < -0.4 is 0 Å². The van der Waals surface area contributed by atoms with Gasteiger partial charge in [-0.2, -0.15) is 0 Å². The summed E-state index contributed by atoms with van der Waals surface area (Å²) >= 11 is 1.65. The molecule has 3 heteroatoms. The van der Waals surface area contributed by atoms with Gasteiger partial charge < -0.3 is 5.11 Å². The topological polar surface area (TPSA) is 33.1 Å². The molecule has 86 valence electrons. The molecule has 2 nitrogen and oxygen atoms in total. The summed E-state index contributed by atoms with van der Waals surface area (Å²) in [5, 5.41) is 13.0. The van der Waals surface area contributed by atoms with Crippen molar-refractivity contribution in [1.82, 2.24) is 4.98 Å². The van der Waals surface area contributed by atoms with Crippen LogP contribution in [-0.4, -0.2) is 16.2 Å². The van der Waals surface area contributed by atoms with Gasteiger partial charge in [0, 0.05) is 17.5 Å². The smallest absolute Gasteiger partial charge is 0.0953 e. The third-order valence-corrected chi connectivity index (χ3v) is 3.52. The molecule has 0 aliphatic heterocycles. The molecule has 1 heterocycles. The number of aryl methyl sites for hydroxylation is 1. The van der Waals surface area contributed by atoms with Crippen molar-refractivity contribution in [2.24, 2.45) is 5.92 Å². The Morgan fingerprint density at radius 3 is 2.80 bits per heavy atom. The molecular formula is C12H21NOS. The SMILES string of the molecule is CCCC(C)CC(O)Cc1nc(C)cs1. The molecular weight excluding hydrogens is 206 g/mol. The first-order valence-electron chi connectivity index (χ1n) is 5.70. The molecule has 1 rings (SSSR count). The molecule has 0 aliphatic rings. The Labute approximate surface area is 96.4 Å². The van der Waals surface area contributed by atoms with Crippen LogP contribution in [0.25, 0.3) is 0 Å². The molecule has 1 aromatic heterocycles. The molecule has 2 unspecified atom stereocenters. The Morgan fingerprint density at radius 2 is 2.27 bits per heavy atom. The van der Waals surface area contributed by atoms with Gasteiger partial charge in [0.05, 0.1) is 11.1 Å². The Hall–Kier alpha value is -0.410. The predicted molar refractivity (Wildman–Crippen MR) is 65.3 cm³/mol. The zero-order valence-corrected chi connectivity index (χ0v) is 10.7. The van der Waals surface area contributed by atoms with Gasteiger partial charge in [0.2, 0.25) is 0 Å². The summed E-state index contributed by atoms with van der Waals surface area (Å²) in [6.07, 6.45) is 3.79. The number of aliphatic hydroxyl groups is 1. The standard InChI is InChI=1S/C12H21NOS/c1-4-5-9(2)6-11(14)7-12-13-10(3)8-15-12/h8-9,11,14H,4-7H2,1-3H3. The van der Waals surface area contributed by atoms with Gasteiger partial charge in [0.1, 0.15) is 0 Å². The van der Waals surface area contributed by atoms with Gasteiger partial charge in [-0.1, -0.05) is 26.7 Å². The molecule has 0 saturated carbocycles. The highest BCUT2D eigenvalue weighted by molar-refractivity contribution is 7.09. The van der Waals surface area contributed by atoms with Crippen LogP contribution in [0.15, 0.2) is 5.38 Å². The van der Waals surface area contributed by atoms with Gasteiger partial charge >= 0.3 is 0 Å². The summed E-state index contributed by atoms with van der Waals surface area (Å²) < 4.78 is 0. The second-order valence-corrected chi connectivity index (χ2v) is 5.31. The first-order chi connectivity index (χ1) is 7.11. The molecule has 15 heavy (non-hydrogen) atoms. The van der Waals surface area contributed by atoms with Gasteiger partial charge in [-0.05, 0) is 19.3 Å². The van der Waals surface area contributed by atoms with Gasteiger partial charge in [0.15, 0.2) is 0 Å². The monoisotopic (exact) mass is 227 g/mol. The third kappa shape index (κ3) is 4.76. The number of aromatic nitrogens is 1. The minimum absolute atomic E-state index is 0.225. The van der Waals surface area contributed by atoms with Crippen LogP contribution in [-0.2, 0) is 6.42 Å². The number of aliphatic hydroxyl groups excluding tert-OH is 1. The summed E-state index contributed by atoms with van der Waals surface area (Å²) in [6, 6.07) is 0. The van der Waals surface area contributed by atoms with E-state index < -0.39 is 0 Å². The lowest BCUT2D eigenvalue weighted by Crippen LogP contribution is -2.14. The van der Waals surface area contributed by atoms with Crippen molar-refractivity contribution in [3.8, 4) is 0 Å². The van der Waals surface area contributed by atoms with E-state index in [1.807, 2.05) is 12.3 Å². The van der Waals surface area contributed by atoms with E-state index in [1.165, 1.54) is 12.8 Å². The van der Waals surface area contributed by atoms with E-state index in [2.05, 4.69) is 18.8 Å². The average molecular weight is 227 g/mol. The summed E-state index contributed by atoms with van der Waals surface area (Å²) in [5.41, 5.74) is 1.06. The second-order valence-electron chi connectivity index (χ2n) is 4.37. The summed E-state index contributed by atoms with van der Waals surface area (Å²) in [6.45, 7) is 6.39. The summed E-state index contributed by atoms with van der Waals surface area (Å²) in [5.74, 6) is 0.617. The Kier molecular flexibility index (Phi) is 5.26. The van der Waals surface area contributed by atoms with Crippen molar-refractivity contribution in [3.05, 3.63) is 16.1 Å². The Bertz CT molecular complexity index is 285. The van der Waals surface area contributed by atoms with E-state index >= 15 is 0 Å². The molecule has 1 aromatic rings. The van der Waals surface area contributed by atoms with Crippen LogP contribution >= 0.6 is 11.3 Å². The molecule has 0 aliphatic carbocycles. The second kappa shape index (κ2) is 6.23. The maximum Gasteiger partial charge on any atom is 0.0953 e. The number of thiazole rings is 1. The molecule has 2 atom stereocenters. The van der Waals surface area contributed by atoms with Gasteiger partial charge in [-0.25, -0.2) is 4.98 Å².